The lowest BCUT2D eigenvalue weighted by atomic mass is 10.1. The molecule has 92 valence electrons. The molecule has 0 fully saturated rings. The molecule has 0 radical (unpaired) electrons. The molecule has 7 nitrogen and oxygen atoms in total. The number of Topliss-reactive ketones (excluding diaryl/α,β-unsaturated/α-hetero) is 1. The molecule has 0 unspecified atom stereocenters. The van der Waals surface area contributed by atoms with Gasteiger partial charge in [-0.3, -0.25) is 9.59 Å². The first-order chi connectivity index (χ1) is 7.93. The SMILES string of the molecule is CC(=O)C(=O)N(C)[C@@H](Cc1cnc[nH]1)C(=O)O. The smallest absolute Gasteiger partial charge is 0.326 e. The predicted molar refractivity (Wildman–Crippen MR) is 57.2 cm³/mol. The Balaban J connectivity index is 2.82. The highest BCUT2D eigenvalue weighted by atomic mass is 16.4. The zero-order chi connectivity index (χ0) is 13.0. The second-order valence-corrected chi connectivity index (χ2v) is 3.61. The van der Waals surface area contributed by atoms with Gasteiger partial charge >= 0.3 is 5.97 Å². The second kappa shape index (κ2) is 5.24. The number of aromatic nitrogens is 2. The van der Waals surface area contributed by atoms with Gasteiger partial charge in [-0.15, -0.1) is 0 Å². The summed E-state index contributed by atoms with van der Waals surface area (Å²) in [6.45, 7) is 1.11. The fraction of sp³-hybridized carbons (Fsp3) is 0.400. The number of hydrogen-bond acceptors (Lipinski definition) is 4. The maximum Gasteiger partial charge on any atom is 0.326 e. The van der Waals surface area contributed by atoms with Crippen LogP contribution in [0.15, 0.2) is 12.5 Å². The van der Waals surface area contributed by atoms with Crippen LogP contribution in [-0.2, 0) is 20.8 Å². The average molecular weight is 239 g/mol. The summed E-state index contributed by atoms with van der Waals surface area (Å²) in [4.78, 5) is 40.8. The van der Waals surface area contributed by atoms with Crippen LogP contribution >= 0.6 is 0 Å². The van der Waals surface area contributed by atoms with Crippen LogP contribution in [0.4, 0.5) is 0 Å². The number of carbonyl (C=O) groups is 3. The fourth-order valence-corrected chi connectivity index (χ4v) is 1.38. The van der Waals surface area contributed by atoms with Crippen molar-refractivity contribution in [3.05, 3.63) is 18.2 Å². The zero-order valence-corrected chi connectivity index (χ0v) is 9.51. The number of ketones is 1. The molecule has 17 heavy (non-hydrogen) atoms. The number of nitrogens with one attached hydrogen (secondary N) is 1. The number of carbonyl (C=O) groups excluding carboxylic acids is 2. The number of amides is 1. The number of carboxylic acid groups (broad SMARTS) is 1. The third kappa shape index (κ3) is 3.13. The van der Waals surface area contributed by atoms with Crippen LogP contribution < -0.4 is 0 Å². The normalized spacial score (nSPS) is 11.9. The number of nitrogens with zero attached hydrogens (tertiary/aromatic N) is 2. The number of H-pyrrole nitrogens is 1. The first kappa shape index (κ1) is 12.9. The fourth-order valence-electron chi connectivity index (χ4n) is 1.38. The van der Waals surface area contributed by atoms with Crippen molar-refractivity contribution < 1.29 is 19.5 Å². The number of rotatable bonds is 5. The molecule has 1 atom stereocenters. The topological polar surface area (TPSA) is 103 Å². The number of aromatic amines is 1. The summed E-state index contributed by atoms with van der Waals surface area (Å²) < 4.78 is 0. The molecule has 0 saturated heterocycles. The van der Waals surface area contributed by atoms with Crippen molar-refractivity contribution in [1.82, 2.24) is 14.9 Å². The summed E-state index contributed by atoms with van der Waals surface area (Å²) in [5, 5.41) is 9.03. The highest BCUT2D eigenvalue weighted by molar-refractivity contribution is 6.35. The van der Waals surface area contributed by atoms with Gasteiger partial charge in [0.15, 0.2) is 0 Å². The van der Waals surface area contributed by atoms with E-state index in [2.05, 4.69) is 9.97 Å². The van der Waals surface area contributed by atoms with Gasteiger partial charge in [0.2, 0.25) is 5.78 Å². The lowest BCUT2D eigenvalue weighted by molar-refractivity contribution is -0.152. The van der Waals surface area contributed by atoms with Crippen molar-refractivity contribution >= 4 is 17.7 Å². The van der Waals surface area contributed by atoms with Gasteiger partial charge in [0.1, 0.15) is 6.04 Å². The monoisotopic (exact) mass is 239 g/mol. The van der Waals surface area contributed by atoms with E-state index in [4.69, 9.17) is 5.11 Å². The molecule has 2 N–H and O–H groups in total. The van der Waals surface area contributed by atoms with E-state index in [-0.39, 0.29) is 6.42 Å². The van der Waals surface area contributed by atoms with Crippen molar-refractivity contribution in [2.24, 2.45) is 0 Å². The van der Waals surface area contributed by atoms with Crippen LogP contribution in [0.2, 0.25) is 0 Å². The molecule has 1 heterocycles. The minimum atomic E-state index is -1.17. The van der Waals surface area contributed by atoms with E-state index >= 15 is 0 Å². The summed E-state index contributed by atoms with van der Waals surface area (Å²) in [6, 6.07) is -1.09. The van der Waals surface area contributed by atoms with Crippen LogP contribution in [0.3, 0.4) is 0 Å². The first-order valence-electron chi connectivity index (χ1n) is 4.91. The summed E-state index contributed by atoms with van der Waals surface area (Å²) in [7, 11) is 1.29. The lowest BCUT2D eigenvalue weighted by Crippen LogP contribution is -2.46. The Hall–Kier alpha value is -2.18. The van der Waals surface area contributed by atoms with Gasteiger partial charge in [0.05, 0.1) is 6.33 Å². The van der Waals surface area contributed by atoms with Crippen LogP contribution in [0, 0.1) is 0 Å². The van der Waals surface area contributed by atoms with E-state index in [0.717, 1.165) is 11.8 Å². The van der Waals surface area contributed by atoms with Gasteiger partial charge in [0, 0.05) is 32.3 Å². The maximum atomic E-state index is 11.4. The minimum absolute atomic E-state index is 0.0743. The summed E-state index contributed by atoms with van der Waals surface area (Å²) >= 11 is 0. The molecule has 0 bridgehead atoms. The summed E-state index contributed by atoms with van der Waals surface area (Å²) in [5.41, 5.74) is 0.584. The highest BCUT2D eigenvalue weighted by Gasteiger charge is 2.29. The van der Waals surface area contributed by atoms with E-state index in [9.17, 15) is 14.4 Å². The Morgan fingerprint density at radius 3 is 2.59 bits per heavy atom. The van der Waals surface area contributed by atoms with E-state index in [0.29, 0.717) is 5.69 Å². The first-order valence-corrected chi connectivity index (χ1v) is 4.91. The lowest BCUT2D eigenvalue weighted by Gasteiger charge is -2.23. The highest BCUT2D eigenvalue weighted by Crippen LogP contribution is 2.06. The molecule has 1 rings (SSSR count). The Kier molecular flexibility index (Phi) is 3.97. The molecule has 0 spiro atoms. The zero-order valence-electron chi connectivity index (χ0n) is 9.51. The summed E-state index contributed by atoms with van der Waals surface area (Å²) in [5.74, 6) is -2.68. The van der Waals surface area contributed by atoms with Crippen molar-refractivity contribution in [2.45, 2.75) is 19.4 Å². The Morgan fingerprint density at radius 2 is 2.18 bits per heavy atom. The largest absolute Gasteiger partial charge is 0.480 e. The molecule has 0 aliphatic heterocycles. The van der Waals surface area contributed by atoms with E-state index in [1.807, 2.05) is 0 Å². The van der Waals surface area contributed by atoms with Crippen molar-refractivity contribution in [3.8, 4) is 0 Å². The number of likely N-dealkylation sites (N-methyl/N-ethyl adjacent to an activating group) is 1. The molecule has 1 aromatic heterocycles. The van der Waals surface area contributed by atoms with Crippen LogP contribution in [0.25, 0.3) is 0 Å². The second-order valence-electron chi connectivity index (χ2n) is 3.61. The molecule has 0 aliphatic rings. The van der Waals surface area contributed by atoms with Crippen LogP contribution in [-0.4, -0.2) is 50.7 Å². The van der Waals surface area contributed by atoms with Crippen LogP contribution in [0.1, 0.15) is 12.6 Å². The van der Waals surface area contributed by atoms with Gasteiger partial charge in [-0.05, 0) is 0 Å². The third-order valence-electron chi connectivity index (χ3n) is 2.34. The Labute approximate surface area is 97.5 Å². The van der Waals surface area contributed by atoms with E-state index in [1.54, 1.807) is 0 Å². The molecule has 1 amide bonds. The molecular weight excluding hydrogens is 226 g/mol. The number of hydrogen-bond donors (Lipinski definition) is 2. The van der Waals surface area contributed by atoms with E-state index < -0.39 is 23.7 Å². The van der Waals surface area contributed by atoms with Gasteiger partial charge in [-0.25, -0.2) is 9.78 Å². The molecule has 7 heteroatoms. The van der Waals surface area contributed by atoms with Gasteiger partial charge in [-0.1, -0.05) is 0 Å². The number of imidazole rings is 1. The van der Waals surface area contributed by atoms with E-state index in [1.165, 1.54) is 19.6 Å². The summed E-state index contributed by atoms with van der Waals surface area (Å²) in [6.07, 6.45) is 2.97. The third-order valence-corrected chi connectivity index (χ3v) is 2.34. The maximum absolute atomic E-state index is 11.4. The molecule has 0 aliphatic carbocycles. The number of carboxylic acids is 1. The van der Waals surface area contributed by atoms with Crippen molar-refractivity contribution in [1.29, 1.82) is 0 Å². The minimum Gasteiger partial charge on any atom is -0.480 e. The molecule has 0 aromatic carbocycles. The molecule has 1 aromatic rings. The average Bonchev–Trinajstić information content (AvgIpc) is 2.76. The van der Waals surface area contributed by atoms with Crippen LogP contribution in [0.5, 0.6) is 0 Å². The van der Waals surface area contributed by atoms with Crippen molar-refractivity contribution in [3.63, 3.8) is 0 Å². The van der Waals surface area contributed by atoms with Gasteiger partial charge in [0.25, 0.3) is 5.91 Å². The van der Waals surface area contributed by atoms with Gasteiger partial charge < -0.3 is 15.0 Å². The Morgan fingerprint density at radius 1 is 1.53 bits per heavy atom. The molecular formula is C10H13N3O4. The molecule has 0 saturated carbocycles. The number of aliphatic carboxylic acids is 1. The van der Waals surface area contributed by atoms with Crippen molar-refractivity contribution in [2.75, 3.05) is 7.05 Å². The quantitative estimate of drug-likeness (QED) is 0.671. The Bertz CT molecular complexity index is 427. The predicted octanol–water partition coefficient (Wildman–Crippen LogP) is -0.547. The van der Waals surface area contributed by atoms with Gasteiger partial charge in [-0.2, -0.15) is 0 Å². The standard InChI is InChI=1S/C10H13N3O4/c1-6(14)9(15)13(2)8(10(16)17)3-7-4-11-5-12-7/h4-5,8H,3H2,1-2H3,(H,11,12)(H,16,17)/t8-/m0/s1.